The Bertz CT molecular complexity index is 601. The molecule has 0 aliphatic carbocycles. The molecule has 0 spiro atoms. The van der Waals surface area contributed by atoms with Crippen LogP contribution in [0.5, 0.6) is 0 Å². The summed E-state index contributed by atoms with van der Waals surface area (Å²) in [5, 5.41) is 3.56. The molecule has 21 heavy (non-hydrogen) atoms. The fraction of sp³-hybridized carbons (Fsp3) is 0.235. The van der Waals surface area contributed by atoms with Crippen LogP contribution < -0.4 is 11.1 Å². The number of carbonyl (C=O) groups excluding carboxylic acids is 1. The molecular formula is C17H19ClN2O. The molecule has 0 fully saturated rings. The zero-order valence-corrected chi connectivity index (χ0v) is 12.7. The van der Waals surface area contributed by atoms with Gasteiger partial charge in [0, 0.05) is 17.6 Å². The number of nitrogens with two attached hydrogens (primary N) is 1. The molecule has 0 saturated heterocycles. The van der Waals surface area contributed by atoms with Gasteiger partial charge in [-0.25, -0.2) is 0 Å². The number of nitrogens with one attached hydrogen (secondary N) is 1. The zero-order chi connectivity index (χ0) is 15.2. The highest BCUT2D eigenvalue weighted by atomic mass is 35.5. The molecule has 2 aromatic carbocycles. The van der Waals surface area contributed by atoms with Crippen LogP contribution >= 0.6 is 11.6 Å². The molecule has 0 heterocycles. The summed E-state index contributed by atoms with van der Waals surface area (Å²) < 4.78 is 0. The number of carbonyl (C=O) groups is 1. The van der Waals surface area contributed by atoms with E-state index in [0.29, 0.717) is 11.6 Å². The molecule has 2 atom stereocenters. The van der Waals surface area contributed by atoms with E-state index in [1.54, 1.807) is 6.07 Å². The Morgan fingerprint density at radius 2 is 1.90 bits per heavy atom. The summed E-state index contributed by atoms with van der Waals surface area (Å²) in [6, 6.07) is 16.8. The maximum atomic E-state index is 12.2. The van der Waals surface area contributed by atoms with Crippen molar-refractivity contribution in [1.29, 1.82) is 0 Å². The van der Waals surface area contributed by atoms with Crippen molar-refractivity contribution in [3.63, 3.8) is 0 Å². The molecular weight excluding hydrogens is 284 g/mol. The third kappa shape index (κ3) is 4.31. The molecule has 0 bridgehead atoms. The van der Waals surface area contributed by atoms with Crippen LogP contribution in [-0.4, -0.2) is 5.91 Å². The fourth-order valence-electron chi connectivity index (χ4n) is 2.12. The van der Waals surface area contributed by atoms with Crippen LogP contribution in [0.1, 0.15) is 24.1 Å². The van der Waals surface area contributed by atoms with Crippen molar-refractivity contribution in [3.05, 3.63) is 70.7 Å². The van der Waals surface area contributed by atoms with Gasteiger partial charge < -0.3 is 11.1 Å². The molecule has 3 N–H and O–H groups in total. The SMILES string of the molecule is CC(C(=O)NCc1cccc(Cl)c1)C(N)c1ccccc1. The van der Waals surface area contributed by atoms with E-state index in [-0.39, 0.29) is 17.9 Å². The topological polar surface area (TPSA) is 55.1 Å². The summed E-state index contributed by atoms with van der Waals surface area (Å²) in [6.07, 6.45) is 0. The van der Waals surface area contributed by atoms with E-state index < -0.39 is 0 Å². The Hall–Kier alpha value is -1.84. The summed E-state index contributed by atoms with van der Waals surface area (Å²) in [6.45, 7) is 2.29. The Labute approximate surface area is 130 Å². The average Bonchev–Trinajstić information content (AvgIpc) is 2.52. The van der Waals surface area contributed by atoms with Crippen molar-refractivity contribution in [3.8, 4) is 0 Å². The average molecular weight is 303 g/mol. The van der Waals surface area contributed by atoms with Gasteiger partial charge in [-0.05, 0) is 23.3 Å². The first-order valence-electron chi connectivity index (χ1n) is 6.90. The number of halogens is 1. The number of benzene rings is 2. The summed E-state index contributed by atoms with van der Waals surface area (Å²) in [5.74, 6) is -0.363. The van der Waals surface area contributed by atoms with Crippen molar-refractivity contribution >= 4 is 17.5 Å². The second-order valence-electron chi connectivity index (χ2n) is 5.07. The summed E-state index contributed by atoms with van der Waals surface area (Å²) in [7, 11) is 0. The van der Waals surface area contributed by atoms with Gasteiger partial charge in [-0.2, -0.15) is 0 Å². The van der Waals surface area contributed by atoms with Gasteiger partial charge >= 0.3 is 0 Å². The first-order chi connectivity index (χ1) is 10.1. The molecule has 2 unspecified atom stereocenters. The van der Waals surface area contributed by atoms with Gasteiger partial charge in [0.15, 0.2) is 0 Å². The Kier molecular flexibility index (Phi) is 5.37. The highest BCUT2D eigenvalue weighted by Gasteiger charge is 2.21. The van der Waals surface area contributed by atoms with Gasteiger partial charge in [-0.15, -0.1) is 0 Å². The first-order valence-corrected chi connectivity index (χ1v) is 7.28. The lowest BCUT2D eigenvalue weighted by molar-refractivity contribution is -0.125. The molecule has 0 radical (unpaired) electrons. The zero-order valence-electron chi connectivity index (χ0n) is 11.9. The third-order valence-corrected chi connectivity index (χ3v) is 3.73. The fourth-order valence-corrected chi connectivity index (χ4v) is 2.34. The summed E-state index contributed by atoms with van der Waals surface area (Å²) >= 11 is 5.92. The highest BCUT2D eigenvalue weighted by molar-refractivity contribution is 6.30. The van der Waals surface area contributed by atoms with Crippen LogP contribution in [0, 0.1) is 5.92 Å². The molecule has 0 aromatic heterocycles. The minimum Gasteiger partial charge on any atom is -0.352 e. The van der Waals surface area contributed by atoms with Crippen molar-refractivity contribution in [1.82, 2.24) is 5.32 Å². The van der Waals surface area contributed by atoms with Gasteiger partial charge in [-0.3, -0.25) is 4.79 Å². The maximum Gasteiger partial charge on any atom is 0.225 e. The van der Waals surface area contributed by atoms with E-state index in [4.69, 9.17) is 17.3 Å². The largest absolute Gasteiger partial charge is 0.352 e. The van der Waals surface area contributed by atoms with Crippen molar-refractivity contribution in [2.45, 2.75) is 19.5 Å². The van der Waals surface area contributed by atoms with Crippen molar-refractivity contribution in [2.24, 2.45) is 11.7 Å². The first kappa shape index (κ1) is 15.5. The third-order valence-electron chi connectivity index (χ3n) is 3.49. The van der Waals surface area contributed by atoms with Crippen molar-refractivity contribution < 1.29 is 4.79 Å². The minimum absolute atomic E-state index is 0.0636. The van der Waals surface area contributed by atoms with Crippen LogP contribution in [0.15, 0.2) is 54.6 Å². The van der Waals surface area contributed by atoms with E-state index >= 15 is 0 Å². The predicted molar refractivity (Wildman–Crippen MR) is 85.8 cm³/mol. The minimum atomic E-state index is -0.314. The molecule has 110 valence electrons. The highest BCUT2D eigenvalue weighted by Crippen LogP contribution is 2.19. The van der Waals surface area contributed by atoms with Crippen LogP contribution in [0.3, 0.4) is 0 Å². The van der Waals surface area contributed by atoms with Gasteiger partial charge in [0.2, 0.25) is 5.91 Å². The van der Waals surface area contributed by atoms with Gasteiger partial charge in [0.1, 0.15) is 0 Å². The van der Waals surface area contributed by atoms with E-state index in [9.17, 15) is 4.79 Å². The Balaban J connectivity index is 1.94. The molecule has 2 rings (SSSR count). The predicted octanol–water partition coefficient (Wildman–Crippen LogP) is 3.29. The Morgan fingerprint density at radius 1 is 1.19 bits per heavy atom. The van der Waals surface area contributed by atoms with Gasteiger partial charge in [0.05, 0.1) is 5.92 Å². The van der Waals surface area contributed by atoms with Crippen LogP contribution in [0.4, 0.5) is 0 Å². The van der Waals surface area contributed by atoms with Crippen LogP contribution in [0.25, 0.3) is 0 Å². The van der Waals surface area contributed by atoms with Gasteiger partial charge in [0.25, 0.3) is 0 Å². The standard InChI is InChI=1S/C17H19ClN2O/c1-12(16(19)14-7-3-2-4-8-14)17(21)20-11-13-6-5-9-15(18)10-13/h2-10,12,16H,11,19H2,1H3,(H,20,21). The molecule has 0 saturated carbocycles. The molecule has 4 heteroatoms. The van der Waals surface area contributed by atoms with Gasteiger partial charge in [-0.1, -0.05) is 61.0 Å². The number of hydrogen-bond donors (Lipinski definition) is 2. The second kappa shape index (κ2) is 7.25. The van der Waals surface area contributed by atoms with E-state index in [1.165, 1.54) is 0 Å². The lowest BCUT2D eigenvalue weighted by atomic mass is 9.94. The molecule has 2 aromatic rings. The Morgan fingerprint density at radius 3 is 2.57 bits per heavy atom. The summed E-state index contributed by atoms with van der Waals surface area (Å²) in [4.78, 5) is 12.2. The number of amides is 1. The van der Waals surface area contributed by atoms with E-state index in [1.807, 2.05) is 55.5 Å². The number of rotatable bonds is 5. The lowest BCUT2D eigenvalue weighted by Gasteiger charge is -2.19. The lowest BCUT2D eigenvalue weighted by Crippen LogP contribution is -2.35. The second-order valence-corrected chi connectivity index (χ2v) is 5.51. The van der Waals surface area contributed by atoms with Crippen LogP contribution in [0.2, 0.25) is 5.02 Å². The molecule has 3 nitrogen and oxygen atoms in total. The molecule has 0 aliphatic heterocycles. The molecule has 0 aliphatic rings. The molecule has 1 amide bonds. The smallest absolute Gasteiger partial charge is 0.225 e. The summed E-state index contributed by atoms with van der Waals surface area (Å²) in [5.41, 5.74) is 8.08. The van der Waals surface area contributed by atoms with E-state index in [2.05, 4.69) is 5.32 Å². The monoisotopic (exact) mass is 302 g/mol. The maximum absolute atomic E-state index is 12.2. The quantitative estimate of drug-likeness (QED) is 0.890. The van der Waals surface area contributed by atoms with E-state index in [0.717, 1.165) is 11.1 Å². The van der Waals surface area contributed by atoms with Crippen molar-refractivity contribution in [2.75, 3.05) is 0 Å². The normalized spacial score (nSPS) is 13.5. The van der Waals surface area contributed by atoms with Crippen LogP contribution in [-0.2, 0) is 11.3 Å². The number of hydrogen-bond acceptors (Lipinski definition) is 2.